The van der Waals surface area contributed by atoms with Crippen LogP contribution in [0.3, 0.4) is 0 Å². The van der Waals surface area contributed by atoms with E-state index in [0.717, 1.165) is 25.0 Å². The number of primary amides is 1. The van der Waals surface area contributed by atoms with Crippen LogP contribution >= 0.6 is 11.6 Å². The van der Waals surface area contributed by atoms with E-state index in [1.807, 2.05) is 0 Å². The standard InChI is InChI=1S/C27H25ClFN7O5/c1-34-12-32-26-24(27(34)40)17(15-4-16(25(30)39)21(37)5-19(15)29)10-36(26)11-23(38)33-20-6-22(31-7-18(20)28)35-8-13-2-3-14(9-35)41-13/h4-7,10,12-14,37H,2-3,8-9,11H2,1H3,(H2,30,39)(H,31,33,38). The molecule has 0 radical (unpaired) electrons. The Bertz CT molecular complexity index is 1780. The number of nitrogens with one attached hydrogen (secondary N) is 1. The number of amides is 2. The van der Waals surface area contributed by atoms with Gasteiger partial charge in [0.1, 0.15) is 29.6 Å². The van der Waals surface area contributed by atoms with E-state index in [9.17, 15) is 19.5 Å². The van der Waals surface area contributed by atoms with Crippen LogP contribution in [0.1, 0.15) is 23.2 Å². The van der Waals surface area contributed by atoms with Crippen LogP contribution in [-0.2, 0) is 23.1 Å². The van der Waals surface area contributed by atoms with Gasteiger partial charge < -0.3 is 34.9 Å². The molecular formula is C27H25ClFN7O5. The summed E-state index contributed by atoms with van der Waals surface area (Å²) < 4.78 is 23.5. The van der Waals surface area contributed by atoms with Gasteiger partial charge in [0.05, 0.1) is 46.4 Å². The van der Waals surface area contributed by atoms with Crippen LogP contribution in [0, 0.1) is 5.82 Å². The van der Waals surface area contributed by atoms with Crippen molar-refractivity contribution in [2.45, 2.75) is 31.6 Å². The minimum Gasteiger partial charge on any atom is -0.507 e. The van der Waals surface area contributed by atoms with E-state index in [1.54, 1.807) is 6.07 Å². The van der Waals surface area contributed by atoms with Gasteiger partial charge in [-0.25, -0.2) is 14.4 Å². The maximum absolute atomic E-state index is 15.0. The van der Waals surface area contributed by atoms with Crippen molar-refractivity contribution >= 4 is 46.0 Å². The van der Waals surface area contributed by atoms with Gasteiger partial charge in [-0.15, -0.1) is 0 Å². The summed E-state index contributed by atoms with van der Waals surface area (Å²) in [4.78, 5) is 48.9. The molecule has 2 fully saturated rings. The molecule has 4 aromatic rings. The molecule has 2 atom stereocenters. The van der Waals surface area contributed by atoms with E-state index < -0.39 is 28.9 Å². The molecule has 5 heterocycles. The van der Waals surface area contributed by atoms with Crippen LogP contribution in [-0.4, -0.2) is 61.3 Å². The van der Waals surface area contributed by atoms with Gasteiger partial charge in [-0.2, -0.15) is 0 Å². The van der Waals surface area contributed by atoms with Crippen LogP contribution in [0.2, 0.25) is 5.02 Å². The van der Waals surface area contributed by atoms with Gasteiger partial charge in [0.2, 0.25) is 5.91 Å². The van der Waals surface area contributed by atoms with Crippen molar-refractivity contribution in [1.82, 2.24) is 19.1 Å². The molecule has 41 heavy (non-hydrogen) atoms. The van der Waals surface area contributed by atoms with Crippen LogP contribution in [0.25, 0.3) is 22.2 Å². The number of rotatable bonds is 6. The molecule has 0 spiro atoms. The Morgan fingerprint density at radius 2 is 1.93 bits per heavy atom. The summed E-state index contributed by atoms with van der Waals surface area (Å²) in [7, 11) is 1.48. The van der Waals surface area contributed by atoms with Gasteiger partial charge in [-0.05, 0) is 18.9 Å². The van der Waals surface area contributed by atoms with Gasteiger partial charge in [0.15, 0.2) is 0 Å². The first-order valence-electron chi connectivity index (χ1n) is 12.8. The smallest absolute Gasteiger partial charge is 0.263 e. The highest BCUT2D eigenvalue weighted by molar-refractivity contribution is 6.33. The quantitative estimate of drug-likeness (QED) is 0.313. The van der Waals surface area contributed by atoms with Crippen LogP contribution < -0.4 is 21.5 Å². The number of benzene rings is 1. The number of hydrogen-bond donors (Lipinski definition) is 3. The molecule has 12 nitrogen and oxygen atoms in total. The number of nitrogens with two attached hydrogens (primary N) is 1. The van der Waals surface area contributed by atoms with E-state index in [2.05, 4.69) is 20.2 Å². The largest absolute Gasteiger partial charge is 0.507 e. The topological polar surface area (TPSA) is 158 Å². The number of fused-ring (bicyclic) bond motifs is 3. The lowest BCUT2D eigenvalue weighted by Crippen LogP contribution is -2.43. The van der Waals surface area contributed by atoms with E-state index in [-0.39, 0.29) is 51.5 Å². The molecule has 0 aliphatic carbocycles. The van der Waals surface area contributed by atoms with Gasteiger partial charge >= 0.3 is 0 Å². The Hall–Kier alpha value is -4.49. The number of carbonyl (C=O) groups is 2. The Kier molecular flexibility index (Phi) is 6.62. The lowest BCUT2D eigenvalue weighted by molar-refractivity contribution is -0.116. The molecule has 212 valence electrons. The number of phenols is 1. The lowest BCUT2D eigenvalue weighted by atomic mass is 10.0. The highest BCUT2D eigenvalue weighted by atomic mass is 35.5. The molecule has 0 saturated carbocycles. The van der Waals surface area contributed by atoms with Crippen molar-refractivity contribution in [1.29, 1.82) is 0 Å². The van der Waals surface area contributed by atoms with Gasteiger partial charge in [-0.3, -0.25) is 14.4 Å². The van der Waals surface area contributed by atoms with Crippen LogP contribution in [0.15, 0.2) is 41.7 Å². The Morgan fingerprint density at radius 3 is 2.63 bits per heavy atom. The Balaban J connectivity index is 1.33. The summed E-state index contributed by atoms with van der Waals surface area (Å²) >= 11 is 6.36. The number of nitrogens with zero attached hydrogens (tertiary/aromatic N) is 5. The minimum atomic E-state index is -0.976. The predicted molar refractivity (Wildman–Crippen MR) is 149 cm³/mol. The summed E-state index contributed by atoms with van der Waals surface area (Å²) in [6.07, 6.45) is 6.45. The molecule has 2 aliphatic rings. The van der Waals surface area contributed by atoms with Crippen LogP contribution in [0.4, 0.5) is 15.9 Å². The monoisotopic (exact) mass is 581 g/mol. The number of aryl methyl sites for hydroxylation is 1. The molecule has 4 N–H and O–H groups in total. The second kappa shape index (κ2) is 10.2. The van der Waals surface area contributed by atoms with Crippen molar-refractivity contribution in [3.05, 3.63) is 63.7 Å². The average Bonchev–Trinajstić information content (AvgIpc) is 3.45. The molecule has 1 aromatic carbocycles. The molecule has 2 unspecified atom stereocenters. The first kappa shape index (κ1) is 26.7. The fraction of sp³-hybridized carbons (Fsp3) is 0.296. The normalized spacial score (nSPS) is 18.2. The Morgan fingerprint density at radius 1 is 1.20 bits per heavy atom. The summed E-state index contributed by atoms with van der Waals surface area (Å²) in [5.74, 6) is -2.32. The minimum absolute atomic E-state index is 0.0222. The maximum Gasteiger partial charge on any atom is 0.263 e. The number of anilines is 2. The maximum atomic E-state index is 15.0. The highest BCUT2D eigenvalue weighted by Gasteiger charge is 2.34. The molecule has 2 amide bonds. The number of ether oxygens (including phenoxy) is 1. The number of morpholine rings is 1. The molecule has 2 bridgehead atoms. The second-order valence-corrected chi connectivity index (χ2v) is 10.6. The summed E-state index contributed by atoms with van der Waals surface area (Å²) in [5, 5.41) is 13.0. The number of halogens is 2. The third kappa shape index (κ3) is 4.87. The first-order chi connectivity index (χ1) is 19.6. The summed E-state index contributed by atoms with van der Waals surface area (Å²) in [5.41, 5.74) is 4.90. The van der Waals surface area contributed by atoms with Gasteiger partial charge in [-0.1, -0.05) is 11.6 Å². The lowest BCUT2D eigenvalue weighted by Gasteiger charge is -2.33. The molecule has 2 saturated heterocycles. The molecule has 2 aliphatic heterocycles. The van der Waals surface area contributed by atoms with Crippen molar-refractivity contribution in [2.75, 3.05) is 23.3 Å². The first-order valence-corrected chi connectivity index (χ1v) is 13.2. The second-order valence-electron chi connectivity index (χ2n) is 10.2. The fourth-order valence-electron chi connectivity index (χ4n) is 5.40. The van der Waals surface area contributed by atoms with Crippen molar-refractivity contribution in [2.24, 2.45) is 12.8 Å². The molecule has 14 heteroatoms. The fourth-order valence-corrected chi connectivity index (χ4v) is 5.55. The molecular weight excluding hydrogens is 557 g/mol. The number of carbonyl (C=O) groups excluding carboxylic acids is 2. The zero-order valence-corrected chi connectivity index (χ0v) is 22.6. The molecule has 3 aromatic heterocycles. The number of aromatic nitrogens is 4. The third-order valence-electron chi connectivity index (χ3n) is 7.37. The Labute approximate surface area is 237 Å². The SMILES string of the molecule is Cn1cnc2c(c(-c3cc(C(N)=O)c(O)cc3F)cn2CC(=O)Nc2cc(N3CC4CCC(C3)O4)ncc2Cl)c1=O. The van der Waals surface area contributed by atoms with Crippen molar-refractivity contribution in [3.63, 3.8) is 0 Å². The van der Waals surface area contributed by atoms with E-state index in [1.165, 1.54) is 34.9 Å². The summed E-state index contributed by atoms with van der Waals surface area (Å²) in [6.45, 7) is 1.10. The third-order valence-corrected chi connectivity index (χ3v) is 7.68. The predicted octanol–water partition coefficient (Wildman–Crippen LogP) is 2.40. The van der Waals surface area contributed by atoms with E-state index in [4.69, 9.17) is 22.1 Å². The van der Waals surface area contributed by atoms with Gasteiger partial charge in [0.25, 0.3) is 11.5 Å². The highest BCUT2D eigenvalue weighted by Crippen LogP contribution is 2.34. The van der Waals surface area contributed by atoms with Crippen LogP contribution in [0.5, 0.6) is 5.75 Å². The summed E-state index contributed by atoms with van der Waals surface area (Å²) in [6, 6.07) is 3.51. The van der Waals surface area contributed by atoms with Crippen molar-refractivity contribution < 1.29 is 23.8 Å². The van der Waals surface area contributed by atoms with E-state index >= 15 is 4.39 Å². The van der Waals surface area contributed by atoms with E-state index in [0.29, 0.717) is 24.6 Å². The van der Waals surface area contributed by atoms with Gasteiger partial charge in [0, 0.05) is 49.6 Å². The zero-order valence-electron chi connectivity index (χ0n) is 21.8. The van der Waals surface area contributed by atoms with Crippen molar-refractivity contribution in [3.8, 4) is 16.9 Å². The molecule has 6 rings (SSSR count). The average molecular weight is 582 g/mol. The number of aromatic hydroxyl groups is 1. The number of pyridine rings is 1. The zero-order chi connectivity index (χ0) is 29.0. The number of hydrogen-bond acceptors (Lipinski definition) is 8.